The molecule has 0 aliphatic carbocycles. The van der Waals surface area contributed by atoms with E-state index in [0.29, 0.717) is 38.6 Å². The van der Waals surface area contributed by atoms with Crippen LogP contribution in [0.4, 0.5) is 13.2 Å². The normalized spacial score (nSPS) is 17.2. The standard InChI is InChI=1S/C22H27F3N4O.HI/c1-26-21(28-19-11-12-29(14-19)16-22(23,24)25)27-13-17-7-5-6-8-18(17)15-30-20-9-3-2-4-10-20;/h2-10,19H,11-16H2,1H3,(H2,26,27,28);1H. The quantitative estimate of drug-likeness (QED) is 0.310. The molecule has 1 atom stereocenters. The number of alkyl halides is 3. The smallest absolute Gasteiger partial charge is 0.401 e. The molecule has 2 aromatic carbocycles. The number of benzene rings is 2. The van der Waals surface area contributed by atoms with Gasteiger partial charge in [-0.2, -0.15) is 13.2 Å². The molecule has 0 spiro atoms. The number of aliphatic imine (C=N–C) groups is 1. The summed E-state index contributed by atoms with van der Waals surface area (Å²) in [6.45, 7) is 0.886. The van der Waals surface area contributed by atoms with Crippen LogP contribution in [-0.2, 0) is 13.2 Å². The van der Waals surface area contributed by atoms with Crippen LogP contribution in [0.3, 0.4) is 0 Å². The number of likely N-dealkylation sites (tertiary alicyclic amines) is 1. The van der Waals surface area contributed by atoms with Gasteiger partial charge in [-0.15, -0.1) is 24.0 Å². The Labute approximate surface area is 198 Å². The number of nitrogens with zero attached hydrogens (tertiary/aromatic N) is 2. The minimum atomic E-state index is -4.17. The van der Waals surface area contributed by atoms with Crippen LogP contribution in [0, 0.1) is 0 Å². The largest absolute Gasteiger partial charge is 0.489 e. The van der Waals surface area contributed by atoms with Gasteiger partial charge in [-0.25, -0.2) is 0 Å². The van der Waals surface area contributed by atoms with Crippen molar-refractivity contribution in [2.24, 2.45) is 4.99 Å². The first-order valence-corrected chi connectivity index (χ1v) is 9.94. The summed E-state index contributed by atoms with van der Waals surface area (Å²) in [6, 6.07) is 17.5. The van der Waals surface area contributed by atoms with Gasteiger partial charge >= 0.3 is 6.18 Å². The van der Waals surface area contributed by atoms with E-state index in [1.807, 2.05) is 54.6 Å². The van der Waals surface area contributed by atoms with E-state index in [1.165, 1.54) is 4.90 Å². The minimum absolute atomic E-state index is 0. The van der Waals surface area contributed by atoms with Crippen molar-refractivity contribution in [1.29, 1.82) is 0 Å². The van der Waals surface area contributed by atoms with Crippen LogP contribution >= 0.6 is 24.0 Å². The lowest BCUT2D eigenvalue weighted by molar-refractivity contribution is -0.143. The fraction of sp³-hybridized carbons (Fsp3) is 0.409. The number of hydrogen-bond acceptors (Lipinski definition) is 3. The summed E-state index contributed by atoms with van der Waals surface area (Å²) in [5.74, 6) is 1.38. The number of para-hydroxylation sites is 1. The molecule has 5 nitrogen and oxygen atoms in total. The highest BCUT2D eigenvalue weighted by molar-refractivity contribution is 14.0. The van der Waals surface area contributed by atoms with Gasteiger partial charge in [0.2, 0.25) is 0 Å². The van der Waals surface area contributed by atoms with E-state index in [9.17, 15) is 13.2 Å². The van der Waals surface area contributed by atoms with Gasteiger partial charge in [0, 0.05) is 32.7 Å². The third kappa shape index (κ3) is 8.56. The molecule has 1 aliphatic heterocycles. The SMILES string of the molecule is CN=C(NCc1ccccc1COc1ccccc1)NC1CCN(CC(F)(F)F)C1.I. The molecule has 0 radical (unpaired) electrons. The summed E-state index contributed by atoms with van der Waals surface area (Å²) in [6.07, 6.45) is -3.52. The molecule has 1 saturated heterocycles. The average molecular weight is 548 g/mol. The molecule has 1 aliphatic rings. The lowest BCUT2D eigenvalue weighted by Crippen LogP contribution is -2.45. The van der Waals surface area contributed by atoms with Crippen LogP contribution in [0.1, 0.15) is 17.5 Å². The number of hydrogen-bond donors (Lipinski definition) is 2. The molecule has 0 saturated carbocycles. The van der Waals surface area contributed by atoms with Crippen LogP contribution in [0.15, 0.2) is 59.6 Å². The molecule has 2 aromatic rings. The molecule has 9 heteroatoms. The topological polar surface area (TPSA) is 48.9 Å². The monoisotopic (exact) mass is 548 g/mol. The Kier molecular flexibility index (Phi) is 9.89. The third-order valence-corrected chi connectivity index (χ3v) is 4.94. The molecule has 0 amide bonds. The average Bonchev–Trinajstić information content (AvgIpc) is 3.16. The van der Waals surface area contributed by atoms with E-state index in [-0.39, 0.29) is 30.0 Å². The highest BCUT2D eigenvalue weighted by atomic mass is 127. The van der Waals surface area contributed by atoms with Crippen LogP contribution < -0.4 is 15.4 Å². The van der Waals surface area contributed by atoms with E-state index in [1.54, 1.807) is 7.05 Å². The Morgan fingerprint density at radius 3 is 2.45 bits per heavy atom. The van der Waals surface area contributed by atoms with Gasteiger partial charge in [-0.3, -0.25) is 9.89 Å². The maximum absolute atomic E-state index is 12.6. The lowest BCUT2D eigenvalue weighted by Gasteiger charge is -2.20. The van der Waals surface area contributed by atoms with Gasteiger partial charge < -0.3 is 15.4 Å². The van der Waals surface area contributed by atoms with Crippen molar-refractivity contribution in [3.05, 3.63) is 65.7 Å². The van der Waals surface area contributed by atoms with E-state index in [4.69, 9.17) is 4.74 Å². The first-order valence-electron chi connectivity index (χ1n) is 9.94. The summed E-state index contributed by atoms with van der Waals surface area (Å²) in [7, 11) is 1.65. The van der Waals surface area contributed by atoms with Crippen LogP contribution in [0.5, 0.6) is 5.75 Å². The van der Waals surface area contributed by atoms with Crippen molar-refractivity contribution in [2.45, 2.75) is 31.8 Å². The second-order valence-electron chi connectivity index (χ2n) is 7.28. The van der Waals surface area contributed by atoms with Gasteiger partial charge in [0.15, 0.2) is 5.96 Å². The van der Waals surface area contributed by atoms with E-state index in [0.717, 1.165) is 16.9 Å². The van der Waals surface area contributed by atoms with Crippen molar-refractivity contribution in [1.82, 2.24) is 15.5 Å². The van der Waals surface area contributed by atoms with E-state index >= 15 is 0 Å². The lowest BCUT2D eigenvalue weighted by atomic mass is 10.1. The Bertz CT molecular complexity index is 833. The van der Waals surface area contributed by atoms with Gasteiger partial charge in [0.05, 0.1) is 6.54 Å². The highest BCUT2D eigenvalue weighted by Crippen LogP contribution is 2.20. The number of ether oxygens (including phenoxy) is 1. The van der Waals surface area contributed by atoms with Gasteiger partial charge in [-0.1, -0.05) is 42.5 Å². The van der Waals surface area contributed by atoms with Crippen LogP contribution in [0.25, 0.3) is 0 Å². The zero-order valence-corrected chi connectivity index (χ0v) is 19.7. The molecule has 1 fully saturated rings. The molecule has 31 heavy (non-hydrogen) atoms. The number of guanidine groups is 1. The number of halogens is 4. The van der Waals surface area contributed by atoms with Gasteiger partial charge in [-0.05, 0) is 29.7 Å². The predicted octanol–water partition coefficient (Wildman–Crippen LogP) is 4.19. The van der Waals surface area contributed by atoms with Gasteiger partial charge in [0.25, 0.3) is 0 Å². The zero-order chi connectivity index (χ0) is 21.4. The first kappa shape index (κ1) is 25.3. The van der Waals surface area contributed by atoms with Crippen LogP contribution in [0.2, 0.25) is 0 Å². The van der Waals surface area contributed by atoms with Crippen molar-refractivity contribution in [3.8, 4) is 5.75 Å². The number of rotatable bonds is 7. The summed E-state index contributed by atoms with van der Waals surface area (Å²) in [4.78, 5) is 5.63. The first-order chi connectivity index (χ1) is 14.4. The van der Waals surface area contributed by atoms with Crippen molar-refractivity contribution >= 4 is 29.9 Å². The molecule has 0 aromatic heterocycles. The van der Waals surface area contributed by atoms with Crippen molar-refractivity contribution in [2.75, 3.05) is 26.7 Å². The molecular weight excluding hydrogens is 520 g/mol. The fourth-order valence-electron chi connectivity index (χ4n) is 3.46. The molecular formula is C22H28F3IN4O. The zero-order valence-electron chi connectivity index (χ0n) is 17.4. The third-order valence-electron chi connectivity index (χ3n) is 4.94. The molecule has 1 heterocycles. The molecule has 3 rings (SSSR count). The molecule has 0 bridgehead atoms. The van der Waals surface area contributed by atoms with Crippen LogP contribution in [-0.4, -0.2) is 49.8 Å². The Balaban J connectivity index is 0.00000341. The fourth-order valence-corrected chi connectivity index (χ4v) is 3.46. The Morgan fingerprint density at radius 2 is 1.77 bits per heavy atom. The number of nitrogens with one attached hydrogen (secondary N) is 2. The second kappa shape index (κ2) is 12.1. The second-order valence-corrected chi connectivity index (χ2v) is 7.28. The summed E-state index contributed by atoms with van der Waals surface area (Å²) in [5.41, 5.74) is 2.13. The Hall–Kier alpha value is -2.01. The Morgan fingerprint density at radius 1 is 1.10 bits per heavy atom. The molecule has 2 N–H and O–H groups in total. The predicted molar refractivity (Wildman–Crippen MR) is 127 cm³/mol. The summed E-state index contributed by atoms with van der Waals surface area (Å²) >= 11 is 0. The van der Waals surface area contributed by atoms with Crippen molar-refractivity contribution < 1.29 is 17.9 Å². The van der Waals surface area contributed by atoms with E-state index in [2.05, 4.69) is 15.6 Å². The van der Waals surface area contributed by atoms with Gasteiger partial charge in [0.1, 0.15) is 12.4 Å². The highest BCUT2D eigenvalue weighted by Gasteiger charge is 2.34. The summed E-state index contributed by atoms with van der Waals surface area (Å²) in [5, 5.41) is 6.48. The van der Waals surface area contributed by atoms with Crippen molar-refractivity contribution in [3.63, 3.8) is 0 Å². The maximum atomic E-state index is 12.6. The molecule has 1 unspecified atom stereocenters. The minimum Gasteiger partial charge on any atom is -0.489 e. The van der Waals surface area contributed by atoms with E-state index < -0.39 is 12.7 Å². The maximum Gasteiger partial charge on any atom is 0.401 e. The molecule has 170 valence electrons. The summed E-state index contributed by atoms with van der Waals surface area (Å²) < 4.78 is 43.6.